The van der Waals surface area contributed by atoms with Gasteiger partial charge in [-0.3, -0.25) is 14.5 Å². The molecule has 1 aromatic rings. The minimum absolute atomic E-state index is 0.426. The summed E-state index contributed by atoms with van der Waals surface area (Å²) in [6.45, 7) is 5.58. The van der Waals surface area contributed by atoms with Gasteiger partial charge in [-0.05, 0) is 44.5 Å². The Balaban J connectivity index is 1.63. The monoisotopic (exact) mass is 285 g/mol. The molecule has 3 heterocycles. The number of carbonyl (C=O) groups excluding carboxylic acids is 2. The molecule has 0 bridgehead atoms. The van der Waals surface area contributed by atoms with E-state index in [1.54, 1.807) is 6.07 Å². The number of hydrogen-bond donors (Lipinski definition) is 1. The van der Waals surface area contributed by atoms with Crippen molar-refractivity contribution in [2.24, 2.45) is 0 Å². The van der Waals surface area contributed by atoms with Gasteiger partial charge in [0, 0.05) is 30.9 Å². The minimum Gasteiger partial charge on any atom is -0.366 e. The quantitative estimate of drug-likeness (QED) is 0.794. The highest BCUT2D eigenvalue weighted by molar-refractivity contribution is 6.51. The highest BCUT2D eigenvalue weighted by Gasteiger charge is 2.35. The van der Waals surface area contributed by atoms with E-state index in [1.165, 1.54) is 19.4 Å². The summed E-state index contributed by atoms with van der Waals surface area (Å²) in [6, 6.07) is 6.78. The molecule has 3 aliphatic heterocycles. The fraction of sp³-hybridized carbons (Fsp3) is 0.500. The van der Waals surface area contributed by atoms with Gasteiger partial charge in [0.05, 0.1) is 11.3 Å². The molecule has 4 rings (SSSR count). The molecule has 2 fully saturated rings. The third-order valence-corrected chi connectivity index (χ3v) is 4.97. The van der Waals surface area contributed by atoms with Crippen LogP contribution in [-0.2, 0) is 4.79 Å². The maximum absolute atomic E-state index is 11.7. The lowest BCUT2D eigenvalue weighted by Gasteiger charge is -2.43. The van der Waals surface area contributed by atoms with Gasteiger partial charge in [0.2, 0.25) is 0 Å². The summed E-state index contributed by atoms with van der Waals surface area (Å²) in [5.74, 6) is -0.943. The summed E-state index contributed by atoms with van der Waals surface area (Å²) < 4.78 is 0. The first-order chi connectivity index (χ1) is 10.1. The van der Waals surface area contributed by atoms with Crippen molar-refractivity contribution in [3.63, 3.8) is 0 Å². The van der Waals surface area contributed by atoms with Crippen molar-refractivity contribution in [1.29, 1.82) is 0 Å². The molecule has 2 atom stereocenters. The maximum atomic E-state index is 11.7. The van der Waals surface area contributed by atoms with E-state index in [4.69, 9.17) is 0 Å². The molecular weight excluding hydrogens is 266 g/mol. The number of amides is 1. The van der Waals surface area contributed by atoms with Gasteiger partial charge in [0.25, 0.3) is 11.7 Å². The van der Waals surface area contributed by atoms with Gasteiger partial charge in [-0.25, -0.2) is 0 Å². The first-order valence-electron chi connectivity index (χ1n) is 7.64. The van der Waals surface area contributed by atoms with Crippen LogP contribution in [0.25, 0.3) is 0 Å². The van der Waals surface area contributed by atoms with Crippen molar-refractivity contribution < 1.29 is 9.59 Å². The Hall–Kier alpha value is -1.88. The number of nitrogens with one attached hydrogen (secondary N) is 1. The first kappa shape index (κ1) is 12.8. The Kier molecular flexibility index (Phi) is 2.79. The number of rotatable bonds is 1. The summed E-state index contributed by atoms with van der Waals surface area (Å²) in [5, 5.41) is 2.66. The van der Waals surface area contributed by atoms with Crippen LogP contribution in [0.5, 0.6) is 0 Å². The SMILES string of the molecule is CC1CN2CCCC2CN1c1ccc2c(c1)NC(=O)C2=O. The second-order valence-electron chi connectivity index (χ2n) is 6.31. The van der Waals surface area contributed by atoms with E-state index in [2.05, 4.69) is 22.0 Å². The Morgan fingerprint density at radius 2 is 2.10 bits per heavy atom. The highest BCUT2D eigenvalue weighted by Crippen LogP contribution is 2.32. The average molecular weight is 285 g/mol. The van der Waals surface area contributed by atoms with Crippen LogP contribution in [0.3, 0.4) is 0 Å². The van der Waals surface area contributed by atoms with E-state index in [-0.39, 0.29) is 0 Å². The minimum atomic E-state index is -0.518. The summed E-state index contributed by atoms with van der Waals surface area (Å²) in [5.41, 5.74) is 2.25. The van der Waals surface area contributed by atoms with Crippen molar-refractivity contribution in [2.75, 3.05) is 29.9 Å². The maximum Gasteiger partial charge on any atom is 0.296 e. The fourth-order valence-electron chi connectivity index (χ4n) is 3.86. The van der Waals surface area contributed by atoms with E-state index in [0.29, 0.717) is 23.3 Å². The van der Waals surface area contributed by atoms with Gasteiger partial charge in [0.1, 0.15) is 0 Å². The van der Waals surface area contributed by atoms with E-state index in [1.807, 2.05) is 12.1 Å². The predicted octanol–water partition coefficient (Wildman–Crippen LogP) is 1.49. The van der Waals surface area contributed by atoms with E-state index in [9.17, 15) is 9.59 Å². The molecule has 3 aliphatic rings. The lowest BCUT2D eigenvalue weighted by molar-refractivity contribution is -0.112. The van der Waals surface area contributed by atoms with Crippen LogP contribution in [0.2, 0.25) is 0 Å². The Morgan fingerprint density at radius 1 is 1.24 bits per heavy atom. The lowest BCUT2D eigenvalue weighted by Crippen LogP contribution is -2.55. The summed E-state index contributed by atoms with van der Waals surface area (Å²) in [6.07, 6.45) is 2.56. The summed E-state index contributed by atoms with van der Waals surface area (Å²) >= 11 is 0. The van der Waals surface area contributed by atoms with Crippen molar-refractivity contribution in [3.8, 4) is 0 Å². The Morgan fingerprint density at radius 3 is 2.95 bits per heavy atom. The number of anilines is 2. The van der Waals surface area contributed by atoms with Crippen molar-refractivity contribution in [2.45, 2.75) is 31.8 Å². The third-order valence-electron chi connectivity index (χ3n) is 4.97. The zero-order valence-electron chi connectivity index (χ0n) is 12.1. The molecular formula is C16H19N3O2. The van der Waals surface area contributed by atoms with Crippen molar-refractivity contribution >= 4 is 23.1 Å². The molecule has 110 valence electrons. The summed E-state index contributed by atoms with van der Waals surface area (Å²) in [7, 11) is 0. The zero-order chi connectivity index (χ0) is 14.6. The molecule has 1 aromatic carbocycles. The van der Waals surface area contributed by atoms with Crippen molar-refractivity contribution in [3.05, 3.63) is 23.8 Å². The molecule has 0 aliphatic carbocycles. The van der Waals surface area contributed by atoms with Crippen LogP contribution >= 0.6 is 0 Å². The average Bonchev–Trinajstić information content (AvgIpc) is 3.02. The standard InChI is InChI=1S/C16H19N3O2/c1-10-8-18-6-2-3-12(18)9-19(10)11-4-5-13-14(7-11)17-16(21)15(13)20/h4-5,7,10,12H,2-3,6,8-9H2,1H3,(H,17,20,21). The number of carbonyl (C=O) groups is 2. The molecule has 0 saturated carbocycles. The van der Waals surface area contributed by atoms with Gasteiger partial charge in [-0.1, -0.05) is 0 Å². The topological polar surface area (TPSA) is 52.6 Å². The van der Waals surface area contributed by atoms with Crippen molar-refractivity contribution in [1.82, 2.24) is 4.90 Å². The number of hydrogen-bond acceptors (Lipinski definition) is 4. The zero-order valence-corrected chi connectivity index (χ0v) is 12.1. The predicted molar refractivity (Wildman–Crippen MR) is 80.8 cm³/mol. The van der Waals surface area contributed by atoms with E-state index >= 15 is 0 Å². The van der Waals surface area contributed by atoms with E-state index < -0.39 is 11.7 Å². The smallest absolute Gasteiger partial charge is 0.296 e. The molecule has 5 nitrogen and oxygen atoms in total. The van der Waals surface area contributed by atoms with Crippen LogP contribution < -0.4 is 10.2 Å². The van der Waals surface area contributed by atoms with Gasteiger partial charge < -0.3 is 10.2 Å². The van der Waals surface area contributed by atoms with Crippen LogP contribution in [0.1, 0.15) is 30.1 Å². The van der Waals surface area contributed by atoms with Crippen LogP contribution in [0, 0.1) is 0 Å². The van der Waals surface area contributed by atoms with Gasteiger partial charge in [-0.2, -0.15) is 0 Å². The summed E-state index contributed by atoms with van der Waals surface area (Å²) in [4.78, 5) is 28.1. The molecule has 2 unspecified atom stereocenters. The number of benzene rings is 1. The number of ketones is 1. The second-order valence-corrected chi connectivity index (χ2v) is 6.31. The van der Waals surface area contributed by atoms with Crippen LogP contribution in [0.15, 0.2) is 18.2 Å². The molecule has 21 heavy (non-hydrogen) atoms. The molecule has 1 amide bonds. The largest absolute Gasteiger partial charge is 0.366 e. The molecule has 0 aromatic heterocycles. The molecule has 1 N–H and O–H groups in total. The third kappa shape index (κ3) is 1.95. The van der Waals surface area contributed by atoms with Gasteiger partial charge >= 0.3 is 0 Å². The number of fused-ring (bicyclic) bond motifs is 2. The van der Waals surface area contributed by atoms with Crippen LogP contribution in [0.4, 0.5) is 11.4 Å². The molecule has 0 radical (unpaired) electrons. The number of piperazine rings is 1. The van der Waals surface area contributed by atoms with E-state index in [0.717, 1.165) is 18.8 Å². The first-order valence-corrected chi connectivity index (χ1v) is 7.64. The normalized spacial score (nSPS) is 28.5. The molecule has 0 spiro atoms. The molecule has 5 heteroatoms. The van der Waals surface area contributed by atoms with Gasteiger partial charge in [0.15, 0.2) is 0 Å². The van der Waals surface area contributed by atoms with Crippen LogP contribution in [-0.4, -0.2) is 48.3 Å². The molecule has 2 saturated heterocycles. The highest BCUT2D eigenvalue weighted by atomic mass is 16.2. The Bertz CT molecular complexity index is 628. The number of Topliss-reactive ketones (excluding diaryl/α,β-unsaturated/α-hetero) is 1. The second kappa shape index (κ2) is 4.56. The van der Waals surface area contributed by atoms with Gasteiger partial charge in [-0.15, -0.1) is 0 Å². The lowest BCUT2D eigenvalue weighted by atomic mass is 10.1. The Labute approximate surface area is 123 Å². The number of nitrogens with zero attached hydrogens (tertiary/aromatic N) is 2. The fourth-order valence-corrected chi connectivity index (χ4v) is 3.86.